The molecule has 8 nitrogen and oxygen atoms in total. The number of ether oxygens (including phenoxy) is 2. The minimum atomic E-state index is -0.915. The second-order valence-corrected chi connectivity index (χ2v) is 6.97. The number of hydrogen-bond donors (Lipinski definition) is 1. The number of methoxy groups -OCH3 is 2. The molecule has 1 saturated heterocycles. The summed E-state index contributed by atoms with van der Waals surface area (Å²) < 4.78 is 15.6. The highest BCUT2D eigenvalue weighted by atomic mass is 16.5. The van der Waals surface area contributed by atoms with Gasteiger partial charge in [0.25, 0.3) is 5.78 Å². The third-order valence-corrected chi connectivity index (χ3v) is 5.08. The first-order chi connectivity index (χ1) is 14.9. The Hall–Kier alpha value is -4.07. The average molecular weight is 420 g/mol. The molecule has 0 radical (unpaired) electrons. The lowest BCUT2D eigenvalue weighted by Gasteiger charge is -2.23. The molecule has 2 heterocycles. The van der Waals surface area contributed by atoms with Crippen molar-refractivity contribution in [2.75, 3.05) is 19.1 Å². The molecule has 31 heavy (non-hydrogen) atoms. The molecule has 1 amide bonds. The Balaban J connectivity index is 1.92. The smallest absolute Gasteiger partial charge is 0.301 e. The Labute approximate surface area is 178 Å². The Morgan fingerprint density at radius 1 is 1.03 bits per heavy atom. The molecular weight excluding hydrogens is 400 g/mol. The van der Waals surface area contributed by atoms with Crippen LogP contribution in [0.15, 0.2) is 64.7 Å². The summed E-state index contributed by atoms with van der Waals surface area (Å²) in [7, 11) is 3.05. The Morgan fingerprint density at radius 3 is 2.35 bits per heavy atom. The van der Waals surface area contributed by atoms with Crippen molar-refractivity contribution in [1.29, 1.82) is 0 Å². The summed E-state index contributed by atoms with van der Waals surface area (Å²) >= 11 is 0. The highest BCUT2D eigenvalue weighted by Gasteiger charge is 2.48. The number of aromatic nitrogens is 1. The van der Waals surface area contributed by atoms with E-state index in [1.54, 1.807) is 61.5 Å². The van der Waals surface area contributed by atoms with Crippen molar-refractivity contribution in [3.05, 3.63) is 77.1 Å². The molecule has 2 aromatic carbocycles. The third-order valence-electron chi connectivity index (χ3n) is 5.08. The number of ketones is 1. The predicted molar refractivity (Wildman–Crippen MR) is 112 cm³/mol. The average Bonchev–Trinajstić information content (AvgIpc) is 3.34. The zero-order valence-electron chi connectivity index (χ0n) is 17.2. The second kappa shape index (κ2) is 7.98. The molecule has 158 valence electrons. The summed E-state index contributed by atoms with van der Waals surface area (Å²) in [5, 5.41) is 15.0. The first-order valence-electron chi connectivity index (χ1n) is 9.47. The normalized spacial score (nSPS) is 17.8. The van der Waals surface area contributed by atoms with E-state index in [-0.39, 0.29) is 17.2 Å². The number of carbonyl (C=O) groups excluding carboxylic acids is 2. The van der Waals surface area contributed by atoms with Gasteiger partial charge in [0, 0.05) is 11.6 Å². The van der Waals surface area contributed by atoms with Crippen molar-refractivity contribution < 1.29 is 28.7 Å². The van der Waals surface area contributed by atoms with E-state index in [1.807, 2.05) is 0 Å². The number of benzene rings is 2. The number of aliphatic hydroxyl groups excluding tert-OH is 1. The molecule has 0 saturated carbocycles. The molecule has 0 unspecified atom stereocenters. The van der Waals surface area contributed by atoms with Crippen molar-refractivity contribution >= 4 is 23.3 Å². The SMILES string of the molecule is COc1ccc(C(O)=C2C(=O)C(=O)N(c3cc(C)on3)[C@H]2c2cccc(OC)c2)cc1. The first-order valence-corrected chi connectivity index (χ1v) is 9.47. The fourth-order valence-corrected chi connectivity index (χ4v) is 3.57. The number of nitrogens with zero attached hydrogens (tertiary/aromatic N) is 2. The number of rotatable bonds is 5. The monoisotopic (exact) mass is 420 g/mol. The van der Waals surface area contributed by atoms with E-state index in [4.69, 9.17) is 14.0 Å². The van der Waals surface area contributed by atoms with Crippen LogP contribution < -0.4 is 14.4 Å². The van der Waals surface area contributed by atoms with Crippen LogP contribution in [0.2, 0.25) is 0 Å². The van der Waals surface area contributed by atoms with Crippen molar-refractivity contribution in [3.63, 3.8) is 0 Å². The molecule has 1 aliphatic rings. The third kappa shape index (κ3) is 3.52. The number of anilines is 1. The quantitative estimate of drug-likeness (QED) is 0.382. The van der Waals surface area contributed by atoms with Crippen LogP contribution >= 0.6 is 0 Å². The van der Waals surface area contributed by atoms with E-state index >= 15 is 0 Å². The molecule has 0 spiro atoms. The van der Waals surface area contributed by atoms with Crippen molar-refractivity contribution in [1.82, 2.24) is 5.16 Å². The number of aryl methyl sites for hydroxylation is 1. The zero-order valence-corrected chi connectivity index (χ0v) is 17.2. The van der Waals surface area contributed by atoms with Crippen LogP contribution in [0.4, 0.5) is 5.82 Å². The van der Waals surface area contributed by atoms with Gasteiger partial charge in [-0.2, -0.15) is 0 Å². The molecular formula is C23H20N2O6. The van der Waals surface area contributed by atoms with Crippen molar-refractivity contribution in [2.45, 2.75) is 13.0 Å². The molecule has 1 aliphatic heterocycles. The summed E-state index contributed by atoms with van der Waals surface area (Å²) in [6.45, 7) is 1.69. The van der Waals surface area contributed by atoms with E-state index in [2.05, 4.69) is 5.16 Å². The Kier molecular flexibility index (Phi) is 5.21. The lowest BCUT2D eigenvalue weighted by Crippen LogP contribution is -2.29. The number of amides is 1. The highest BCUT2D eigenvalue weighted by molar-refractivity contribution is 6.51. The van der Waals surface area contributed by atoms with Gasteiger partial charge >= 0.3 is 5.91 Å². The largest absolute Gasteiger partial charge is 0.507 e. The van der Waals surface area contributed by atoms with Gasteiger partial charge in [0.05, 0.1) is 25.8 Å². The summed E-state index contributed by atoms with van der Waals surface area (Å²) in [6, 6.07) is 14.1. The molecule has 0 aliphatic carbocycles. The molecule has 1 N–H and O–H groups in total. The van der Waals surface area contributed by atoms with Gasteiger partial charge in [-0.3, -0.25) is 14.5 Å². The maximum atomic E-state index is 13.0. The van der Waals surface area contributed by atoms with Crippen LogP contribution in [0.5, 0.6) is 11.5 Å². The summed E-state index contributed by atoms with van der Waals surface area (Å²) in [5.41, 5.74) is 0.904. The maximum Gasteiger partial charge on any atom is 0.301 e. The van der Waals surface area contributed by atoms with Crippen LogP contribution in [0, 0.1) is 6.92 Å². The lowest BCUT2D eigenvalue weighted by molar-refractivity contribution is -0.132. The van der Waals surface area contributed by atoms with Gasteiger partial charge in [0.1, 0.15) is 23.0 Å². The van der Waals surface area contributed by atoms with E-state index in [1.165, 1.54) is 19.1 Å². The molecule has 1 aromatic heterocycles. The van der Waals surface area contributed by atoms with Crippen LogP contribution in [0.1, 0.15) is 22.9 Å². The van der Waals surface area contributed by atoms with E-state index in [0.29, 0.717) is 28.4 Å². The van der Waals surface area contributed by atoms with Crippen molar-refractivity contribution in [3.8, 4) is 11.5 Å². The topological polar surface area (TPSA) is 102 Å². The molecule has 4 rings (SSSR count). The van der Waals surface area contributed by atoms with Crippen LogP contribution in [-0.2, 0) is 9.59 Å². The van der Waals surface area contributed by atoms with Crippen LogP contribution in [-0.4, -0.2) is 36.2 Å². The minimum absolute atomic E-state index is 0.0518. The van der Waals surface area contributed by atoms with Crippen LogP contribution in [0.25, 0.3) is 5.76 Å². The lowest BCUT2D eigenvalue weighted by atomic mass is 9.95. The first kappa shape index (κ1) is 20.2. The van der Waals surface area contributed by atoms with Gasteiger partial charge in [-0.15, -0.1) is 0 Å². The minimum Gasteiger partial charge on any atom is -0.507 e. The number of aliphatic hydroxyl groups is 1. The summed E-state index contributed by atoms with van der Waals surface area (Å²) in [4.78, 5) is 27.3. The molecule has 0 bridgehead atoms. The fraction of sp³-hybridized carbons (Fsp3) is 0.174. The number of Topliss-reactive ketones (excluding diaryl/α,β-unsaturated/α-hetero) is 1. The Bertz CT molecular complexity index is 1180. The number of carbonyl (C=O) groups is 2. The zero-order chi connectivity index (χ0) is 22.1. The van der Waals surface area contributed by atoms with Gasteiger partial charge in [-0.25, -0.2) is 0 Å². The second-order valence-electron chi connectivity index (χ2n) is 6.97. The van der Waals surface area contributed by atoms with Gasteiger partial charge in [0.15, 0.2) is 5.82 Å². The fourth-order valence-electron chi connectivity index (χ4n) is 3.57. The van der Waals surface area contributed by atoms with Gasteiger partial charge < -0.3 is 19.1 Å². The molecule has 1 fully saturated rings. The highest BCUT2D eigenvalue weighted by Crippen LogP contribution is 2.42. The molecule has 8 heteroatoms. The van der Waals surface area contributed by atoms with Gasteiger partial charge in [-0.1, -0.05) is 17.3 Å². The van der Waals surface area contributed by atoms with Crippen molar-refractivity contribution in [2.24, 2.45) is 0 Å². The van der Waals surface area contributed by atoms with Gasteiger partial charge in [0.2, 0.25) is 0 Å². The predicted octanol–water partition coefficient (Wildman–Crippen LogP) is 3.63. The Morgan fingerprint density at radius 2 is 1.74 bits per heavy atom. The number of hydrogen-bond acceptors (Lipinski definition) is 7. The van der Waals surface area contributed by atoms with E-state index in [9.17, 15) is 14.7 Å². The molecule has 1 atom stereocenters. The molecule has 3 aromatic rings. The summed E-state index contributed by atoms with van der Waals surface area (Å²) in [5.74, 6) is -0.115. The van der Waals surface area contributed by atoms with E-state index < -0.39 is 17.7 Å². The summed E-state index contributed by atoms with van der Waals surface area (Å²) in [6.07, 6.45) is 0. The van der Waals surface area contributed by atoms with Crippen LogP contribution in [0.3, 0.4) is 0 Å². The standard InChI is InChI=1S/C23H20N2O6/c1-13-11-18(24-31-13)25-20(15-5-4-6-17(12-15)30-3)19(22(27)23(25)28)21(26)14-7-9-16(29-2)10-8-14/h4-12,20,26H,1-3H3/t20-/m0/s1. The van der Waals surface area contributed by atoms with E-state index in [0.717, 1.165) is 0 Å². The maximum absolute atomic E-state index is 13.0. The van der Waals surface area contributed by atoms with Gasteiger partial charge in [-0.05, 0) is 48.9 Å².